The number of nitrogens with zero attached hydrogens (tertiary/aromatic N) is 1. The van der Waals surface area contributed by atoms with Crippen LogP contribution in [0.5, 0.6) is 0 Å². The first-order valence-electron chi connectivity index (χ1n) is 5.61. The molecule has 2 N–H and O–H groups in total. The topological polar surface area (TPSA) is 31.1 Å². The minimum Gasteiger partial charge on any atom is -0.364 e. The molecule has 1 aromatic heterocycles. The average molecular weight is 278 g/mol. The number of H-pyrrole nitrogens is 1. The Morgan fingerprint density at radius 1 is 1.35 bits per heavy atom. The van der Waals surface area contributed by atoms with E-state index in [1.165, 1.54) is 5.69 Å². The van der Waals surface area contributed by atoms with Gasteiger partial charge in [0.1, 0.15) is 0 Å². The highest BCUT2D eigenvalue weighted by atomic mass is 35.5. The Balaban J connectivity index is 0.00000128. The monoisotopic (exact) mass is 277 g/mol. The molecule has 0 radical (unpaired) electrons. The second-order valence-electron chi connectivity index (χ2n) is 3.95. The third kappa shape index (κ3) is 4.36. The predicted molar refractivity (Wildman–Crippen MR) is 77.3 cm³/mol. The van der Waals surface area contributed by atoms with Crippen LogP contribution in [0.3, 0.4) is 0 Å². The van der Waals surface area contributed by atoms with Gasteiger partial charge in [0.05, 0.1) is 6.04 Å². The zero-order valence-corrected chi connectivity index (χ0v) is 11.5. The molecule has 0 aromatic carbocycles. The minimum absolute atomic E-state index is 0. The van der Waals surface area contributed by atoms with E-state index >= 15 is 0 Å². The highest BCUT2D eigenvalue weighted by molar-refractivity contribution is 5.85. The Hall–Kier alpha value is -0.480. The third-order valence-corrected chi connectivity index (χ3v) is 2.96. The van der Waals surface area contributed by atoms with Crippen molar-refractivity contribution in [3.05, 3.63) is 36.7 Å². The SMILES string of the molecule is C=CC[C@H](c1ccc[nH]1)N1CCNCC1.Cl.Cl. The van der Waals surface area contributed by atoms with Crippen molar-refractivity contribution in [2.24, 2.45) is 0 Å². The van der Waals surface area contributed by atoms with Gasteiger partial charge in [-0.25, -0.2) is 0 Å². The summed E-state index contributed by atoms with van der Waals surface area (Å²) in [5.41, 5.74) is 1.30. The van der Waals surface area contributed by atoms with Gasteiger partial charge in [0.2, 0.25) is 0 Å². The molecule has 0 amide bonds. The van der Waals surface area contributed by atoms with Gasteiger partial charge in [0.15, 0.2) is 0 Å². The van der Waals surface area contributed by atoms with Crippen LogP contribution < -0.4 is 5.32 Å². The fourth-order valence-corrected chi connectivity index (χ4v) is 2.18. The number of halogens is 2. The molecule has 2 rings (SSSR count). The van der Waals surface area contributed by atoms with Gasteiger partial charge in [-0.1, -0.05) is 6.08 Å². The maximum atomic E-state index is 3.85. The van der Waals surface area contributed by atoms with Gasteiger partial charge in [-0.05, 0) is 18.6 Å². The first-order chi connectivity index (χ1) is 7.42. The van der Waals surface area contributed by atoms with Crippen LogP contribution in [0.15, 0.2) is 31.0 Å². The van der Waals surface area contributed by atoms with Gasteiger partial charge >= 0.3 is 0 Å². The normalized spacial score (nSPS) is 17.6. The maximum Gasteiger partial charge on any atom is 0.0533 e. The van der Waals surface area contributed by atoms with Crippen molar-refractivity contribution < 1.29 is 0 Å². The quantitative estimate of drug-likeness (QED) is 0.829. The van der Waals surface area contributed by atoms with Crippen molar-refractivity contribution in [2.75, 3.05) is 26.2 Å². The largest absolute Gasteiger partial charge is 0.364 e. The number of aromatic nitrogens is 1. The molecule has 1 aliphatic heterocycles. The number of piperazine rings is 1. The average Bonchev–Trinajstić information content (AvgIpc) is 2.80. The zero-order valence-electron chi connectivity index (χ0n) is 9.89. The van der Waals surface area contributed by atoms with E-state index in [0.29, 0.717) is 6.04 Å². The molecule has 0 spiro atoms. The summed E-state index contributed by atoms with van der Waals surface area (Å²) >= 11 is 0. The summed E-state index contributed by atoms with van der Waals surface area (Å²) in [5.74, 6) is 0. The van der Waals surface area contributed by atoms with E-state index in [4.69, 9.17) is 0 Å². The number of hydrogen-bond acceptors (Lipinski definition) is 2. The Kier molecular flexibility index (Phi) is 8.35. The molecule has 0 unspecified atom stereocenters. The van der Waals surface area contributed by atoms with Crippen LogP contribution in [0, 0.1) is 0 Å². The van der Waals surface area contributed by atoms with Gasteiger partial charge in [-0.2, -0.15) is 0 Å². The smallest absolute Gasteiger partial charge is 0.0533 e. The molecule has 17 heavy (non-hydrogen) atoms. The minimum atomic E-state index is 0. The molecule has 1 saturated heterocycles. The molecule has 2 heterocycles. The molecular formula is C12H21Cl2N3. The molecule has 1 aliphatic rings. The first-order valence-corrected chi connectivity index (χ1v) is 5.61. The van der Waals surface area contributed by atoms with Crippen molar-refractivity contribution in [2.45, 2.75) is 12.5 Å². The predicted octanol–water partition coefficient (Wildman–Crippen LogP) is 2.38. The fraction of sp³-hybridized carbons (Fsp3) is 0.500. The Bertz CT molecular complexity index is 295. The zero-order chi connectivity index (χ0) is 10.5. The number of hydrogen-bond donors (Lipinski definition) is 2. The van der Waals surface area contributed by atoms with Crippen LogP contribution in [0.4, 0.5) is 0 Å². The summed E-state index contributed by atoms with van der Waals surface area (Å²) in [6.45, 7) is 8.28. The Labute approximate surface area is 115 Å². The summed E-state index contributed by atoms with van der Waals surface area (Å²) < 4.78 is 0. The van der Waals surface area contributed by atoms with E-state index in [1.54, 1.807) is 0 Å². The van der Waals surface area contributed by atoms with E-state index in [2.05, 4.69) is 33.9 Å². The molecule has 5 heteroatoms. The summed E-state index contributed by atoms with van der Waals surface area (Å²) in [5, 5.41) is 3.38. The second-order valence-corrected chi connectivity index (χ2v) is 3.95. The summed E-state index contributed by atoms with van der Waals surface area (Å²) in [4.78, 5) is 5.83. The number of aromatic amines is 1. The van der Waals surface area contributed by atoms with Crippen molar-refractivity contribution in [3.8, 4) is 0 Å². The first kappa shape index (κ1) is 16.5. The Morgan fingerprint density at radius 3 is 2.59 bits per heavy atom. The van der Waals surface area contributed by atoms with Gasteiger partial charge < -0.3 is 10.3 Å². The van der Waals surface area contributed by atoms with Crippen LogP contribution >= 0.6 is 24.8 Å². The highest BCUT2D eigenvalue weighted by Crippen LogP contribution is 2.23. The lowest BCUT2D eigenvalue weighted by molar-refractivity contribution is 0.172. The molecule has 98 valence electrons. The lowest BCUT2D eigenvalue weighted by Gasteiger charge is -2.34. The maximum absolute atomic E-state index is 3.85. The van der Waals surface area contributed by atoms with Crippen molar-refractivity contribution >= 4 is 24.8 Å². The Morgan fingerprint density at radius 2 is 2.06 bits per heavy atom. The molecular weight excluding hydrogens is 257 g/mol. The van der Waals surface area contributed by atoms with Crippen LogP contribution in [0.1, 0.15) is 18.2 Å². The summed E-state index contributed by atoms with van der Waals surface area (Å²) in [6, 6.07) is 4.70. The fourth-order valence-electron chi connectivity index (χ4n) is 2.18. The van der Waals surface area contributed by atoms with Gasteiger partial charge in [0, 0.05) is 38.1 Å². The second kappa shape index (κ2) is 8.59. The van der Waals surface area contributed by atoms with E-state index in [-0.39, 0.29) is 24.8 Å². The molecule has 3 nitrogen and oxygen atoms in total. The van der Waals surface area contributed by atoms with E-state index in [1.807, 2.05) is 12.3 Å². The standard InChI is InChI=1S/C12H19N3.2ClH/c1-2-4-12(11-5-3-6-14-11)15-9-7-13-8-10-15;;/h2-3,5-6,12-14H,1,4,7-10H2;2*1H/t12-;;/m1../s1. The molecule has 0 aliphatic carbocycles. The summed E-state index contributed by atoms with van der Waals surface area (Å²) in [6.07, 6.45) is 5.02. The van der Waals surface area contributed by atoms with Crippen molar-refractivity contribution in [3.63, 3.8) is 0 Å². The third-order valence-electron chi connectivity index (χ3n) is 2.96. The van der Waals surface area contributed by atoms with E-state index in [0.717, 1.165) is 32.6 Å². The number of rotatable bonds is 4. The van der Waals surface area contributed by atoms with Gasteiger partial charge in [-0.3, -0.25) is 4.90 Å². The van der Waals surface area contributed by atoms with Crippen molar-refractivity contribution in [1.82, 2.24) is 15.2 Å². The van der Waals surface area contributed by atoms with E-state index in [9.17, 15) is 0 Å². The number of nitrogens with one attached hydrogen (secondary N) is 2. The lowest BCUT2D eigenvalue weighted by atomic mass is 10.1. The molecule has 1 aromatic rings. The van der Waals surface area contributed by atoms with Gasteiger partial charge in [0.25, 0.3) is 0 Å². The lowest BCUT2D eigenvalue weighted by Crippen LogP contribution is -2.45. The molecule has 1 fully saturated rings. The van der Waals surface area contributed by atoms with Crippen LogP contribution in [0.25, 0.3) is 0 Å². The molecule has 1 atom stereocenters. The molecule has 0 saturated carbocycles. The van der Waals surface area contributed by atoms with Crippen molar-refractivity contribution in [1.29, 1.82) is 0 Å². The summed E-state index contributed by atoms with van der Waals surface area (Å²) in [7, 11) is 0. The highest BCUT2D eigenvalue weighted by Gasteiger charge is 2.21. The van der Waals surface area contributed by atoms with Gasteiger partial charge in [-0.15, -0.1) is 31.4 Å². The van der Waals surface area contributed by atoms with Crippen LogP contribution in [0.2, 0.25) is 0 Å². The molecule has 0 bridgehead atoms. The van der Waals surface area contributed by atoms with Crippen LogP contribution in [-0.4, -0.2) is 36.1 Å². The van der Waals surface area contributed by atoms with E-state index < -0.39 is 0 Å². The van der Waals surface area contributed by atoms with Crippen LogP contribution in [-0.2, 0) is 0 Å².